The Morgan fingerprint density at radius 2 is 1.82 bits per heavy atom. The van der Waals surface area contributed by atoms with Crippen molar-refractivity contribution in [2.45, 2.75) is 85.7 Å². The van der Waals surface area contributed by atoms with Crippen molar-refractivity contribution < 1.29 is 9.59 Å². The van der Waals surface area contributed by atoms with Crippen LogP contribution in [0.5, 0.6) is 0 Å². The van der Waals surface area contributed by atoms with Gasteiger partial charge in [-0.2, -0.15) is 0 Å². The van der Waals surface area contributed by atoms with Crippen LogP contribution >= 0.6 is 0 Å². The lowest BCUT2D eigenvalue weighted by Gasteiger charge is -2.36. The molecule has 0 aromatic heterocycles. The van der Waals surface area contributed by atoms with E-state index in [2.05, 4.69) is 19.2 Å². The molecule has 5 nitrogen and oxygen atoms in total. The van der Waals surface area contributed by atoms with Crippen LogP contribution in [0.4, 0.5) is 5.69 Å². The first-order valence-electron chi connectivity index (χ1n) is 10.5. The van der Waals surface area contributed by atoms with Gasteiger partial charge in [-0.25, -0.2) is 0 Å². The third kappa shape index (κ3) is 6.54. The number of anilines is 1. The Hall–Kier alpha value is -2.04. The summed E-state index contributed by atoms with van der Waals surface area (Å²) in [5.74, 6) is -0.286. The molecule has 0 saturated heterocycles. The molecule has 0 heterocycles. The number of nitrogens with one attached hydrogen (secondary N) is 1. The average Bonchev–Trinajstić information content (AvgIpc) is 2.64. The summed E-state index contributed by atoms with van der Waals surface area (Å²) in [5, 5.41) is 2.98. The van der Waals surface area contributed by atoms with Gasteiger partial charge in [0.1, 0.15) is 6.04 Å². The van der Waals surface area contributed by atoms with Crippen LogP contribution in [0, 0.1) is 5.41 Å². The van der Waals surface area contributed by atoms with E-state index in [9.17, 15) is 9.59 Å². The standard InChI is InChI=1S/C23H39N3O2/c1-8-10-11-12-16(3)26(7)22(28)20(23(4,5)6)25-21(27)18-13-14-19(24)17(9-2)15-18/h13-16,20H,8-12,24H2,1-7H3,(H,25,27)/t16-,20?/m0/s1. The van der Waals surface area contributed by atoms with Gasteiger partial charge in [-0.3, -0.25) is 9.59 Å². The molecule has 3 N–H and O–H groups in total. The molecular formula is C23H39N3O2. The highest BCUT2D eigenvalue weighted by Crippen LogP contribution is 2.23. The maximum Gasteiger partial charge on any atom is 0.251 e. The van der Waals surface area contributed by atoms with Gasteiger partial charge in [0.15, 0.2) is 0 Å². The quantitative estimate of drug-likeness (QED) is 0.485. The molecule has 1 aromatic carbocycles. The van der Waals surface area contributed by atoms with Crippen molar-refractivity contribution >= 4 is 17.5 Å². The number of rotatable bonds is 9. The predicted octanol–water partition coefficient (Wildman–Crippen LogP) is 4.40. The fourth-order valence-corrected chi connectivity index (χ4v) is 3.22. The van der Waals surface area contributed by atoms with E-state index in [1.54, 1.807) is 17.0 Å². The van der Waals surface area contributed by atoms with Crippen molar-refractivity contribution in [3.63, 3.8) is 0 Å². The number of hydrogen-bond acceptors (Lipinski definition) is 3. The molecule has 0 aliphatic carbocycles. The minimum atomic E-state index is -0.596. The molecule has 158 valence electrons. The first-order chi connectivity index (χ1) is 13.0. The van der Waals surface area contributed by atoms with E-state index in [0.717, 1.165) is 31.2 Å². The number of amides is 2. The van der Waals surface area contributed by atoms with Gasteiger partial charge in [-0.15, -0.1) is 0 Å². The van der Waals surface area contributed by atoms with Crippen LogP contribution in [0.25, 0.3) is 0 Å². The van der Waals surface area contributed by atoms with Crippen molar-refractivity contribution in [3.05, 3.63) is 29.3 Å². The largest absolute Gasteiger partial charge is 0.399 e. The van der Waals surface area contributed by atoms with E-state index < -0.39 is 11.5 Å². The summed E-state index contributed by atoms with van der Waals surface area (Å²) < 4.78 is 0. The normalized spacial score (nSPS) is 13.7. The smallest absolute Gasteiger partial charge is 0.251 e. The Bertz CT molecular complexity index is 664. The number of carbonyl (C=O) groups is 2. The molecule has 0 bridgehead atoms. The molecule has 28 heavy (non-hydrogen) atoms. The highest BCUT2D eigenvalue weighted by atomic mass is 16.2. The summed E-state index contributed by atoms with van der Waals surface area (Å²) in [6.07, 6.45) is 5.16. The fourth-order valence-electron chi connectivity index (χ4n) is 3.22. The minimum Gasteiger partial charge on any atom is -0.399 e. The zero-order chi connectivity index (χ0) is 21.5. The van der Waals surface area contributed by atoms with Crippen molar-refractivity contribution in [2.24, 2.45) is 5.41 Å². The van der Waals surface area contributed by atoms with Crippen LogP contribution in [-0.2, 0) is 11.2 Å². The Morgan fingerprint density at radius 1 is 1.18 bits per heavy atom. The number of unbranched alkanes of at least 4 members (excludes halogenated alkanes) is 2. The van der Waals surface area contributed by atoms with Gasteiger partial charge in [-0.05, 0) is 48.9 Å². The average molecular weight is 390 g/mol. The lowest BCUT2D eigenvalue weighted by molar-refractivity contribution is -0.136. The van der Waals surface area contributed by atoms with Gasteiger partial charge in [0.2, 0.25) is 5.91 Å². The van der Waals surface area contributed by atoms with E-state index in [4.69, 9.17) is 5.73 Å². The summed E-state index contributed by atoms with van der Waals surface area (Å²) in [5.41, 5.74) is 7.71. The molecule has 0 aliphatic rings. The van der Waals surface area contributed by atoms with Gasteiger partial charge in [0, 0.05) is 24.3 Å². The van der Waals surface area contributed by atoms with Crippen LogP contribution in [0.15, 0.2) is 18.2 Å². The summed E-state index contributed by atoms with van der Waals surface area (Å²) in [4.78, 5) is 27.8. The van der Waals surface area contributed by atoms with Crippen molar-refractivity contribution in [3.8, 4) is 0 Å². The second-order valence-corrected chi connectivity index (χ2v) is 8.83. The second kappa shape index (κ2) is 10.5. The van der Waals surface area contributed by atoms with Gasteiger partial charge in [0.25, 0.3) is 5.91 Å². The lowest BCUT2D eigenvalue weighted by atomic mass is 9.85. The van der Waals surface area contributed by atoms with E-state index in [1.165, 1.54) is 6.42 Å². The molecule has 0 radical (unpaired) electrons. The molecule has 1 aromatic rings. The highest BCUT2D eigenvalue weighted by molar-refractivity contribution is 5.98. The van der Waals surface area contributed by atoms with Gasteiger partial charge in [-0.1, -0.05) is 53.9 Å². The molecular weight excluding hydrogens is 350 g/mol. The second-order valence-electron chi connectivity index (χ2n) is 8.83. The molecule has 2 atom stereocenters. The van der Waals surface area contributed by atoms with E-state index >= 15 is 0 Å². The third-order valence-corrected chi connectivity index (χ3v) is 5.41. The number of likely N-dealkylation sites (N-methyl/N-ethyl adjacent to an activating group) is 1. The number of aryl methyl sites for hydroxylation is 1. The monoisotopic (exact) mass is 389 g/mol. The number of nitrogen functional groups attached to an aromatic ring is 1. The SMILES string of the molecule is CCCCC[C@H](C)N(C)C(=O)C(NC(=O)c1ccc(N)c(CC)c1)C(C)(C)C. The first kappa shape index (κ1) is 24.0. The zero-order valence-corrected chi connectivity index (χ0v) is 18.8. The summed E-state index contributed by atoms with van der Waals surface area (Å²) in [7, 11) is 1.84. The van der Waals surface area contributed by atoms with E-state index in [0.29, 0.717) is 11.3 Å². The van der Waals surface area contributed by atoms with Gasteiger partial charge < -0.3 is 16.0 Å². The van der Waals surface area contributed by atoms with Crippen LogP contribution in [-0.4, -0.2) is 35.8 Å². The Labute approximate surface area is 171 Å². The predicted molar refractivity (Wildman–Crippen MR) is 117 cm³/mol. The summed E-state index contributed by atoms with van der Waals surface area (Å²) >= 11 is 0. The van der Waals surface area contributed by atoms with Gasteiger partial charge >= 0.3 is 0 Å². The molecule has 0 fully saturated rings. The van der Waals surface area contributed by atoms with E-state index in [-0.39, 0.29) is 17.9 Å². The van der Waals surface area contributed by atoms with E-state index in [1.807, 2.05) is 40.8 Å². The Balaban J connectivity index is 2.96. The molecule has 0 aliphatic heterocycles. The topological polar surface area (TPSA) is 75.4 Å². The lowest BCUT2D eigenvalue weighted by Crippen LogP contribution is -2.55. The Morgan fingerprint density at radius 3 is 2.36 bits per heavy atom. The van der Waals surface area contributed by atoms with Crippen LogP contribution in [0.1, 0.15) is 83.1 Å². The number of nitrogens with zero attached hydrogens (tertiary/aromatic N) is 1. The zero-order valence-electron chi connectivity index (χ0n) is 18.8. The molecule has 1 rings (SSSR count). The molecule has 1 unspecified atom stereocenters. The summed E-state index contributed by atoms with van der Waals surface area (Å²) in [6.45, 7) is 12.2. The van der Waals surface area contributed by atoms with Crippen LogP contribution in [0.3, 0.4) is 0 Å². The van der Waals surface area contributed by atoms with Gasteiger partial charge in [0.05, 0.1) is 0 Å². The third-order valence-electron chi connectivity index (χ3n) is 5.41. The van der Waals surface area contributed by atoms with Crippen LogP contribution in [0.2, 0.25) is 0 Å². The number of hydrogen-bond donors (Lipinski definition) is 2. The highest BCUT2D eigenvalue weighted by Gasteiger charge is 2.36. The minimum absolute atomic E-state index is 0.0454. The maximum absolute atomic E-state index is 13.2. The van der Waals surface area contributed by atoms with Crippen molar-refractivity contribution in [1.82, 2.24) is 10.2 Å². The molecule has 0 spiro atoms. The maximum atomic E-state index is 13.2. The first-order valence-corrected chi connectivity index (χ1v) is 10.5. The van der Waals surface area contributed by atoms with Crippen molar-refractivity contribution in [2.75, 3.05) is 12.8 Å². The van der Waals surface area contributed by atoms with Crippen molar-refractivity contribution in [1.29, 1.82) is 0 Å². The number of benzene rings is 1. The number of carbonyl (C=O) groups excluding carboxylic acids is 2. The fraction of sp³-hybridized carbons (Fsp3) is 0.652. The van der Waals surface area contributed by atoms with Crippen LogP contribution < -0.4 is 11.1 Å². The summed E-state index contributed by atoms with van der Waals surface area (Å²) in [6, 6.07) is 4.82. The number of nitrogens with two attached hydrogens (primary N) is 1. The molecule has 5 heteroatoms. The molecule has 0 saturated carbocycles. The molecule has 2 amide bonds. The Kier molecular flexibility index (Phi) is 8.99.